The highest BCUT2D eigenvalue weighted by atomic mass is 79.9. The molecule has 1 aliphatic rings. The Hall–Kier alpha value is -0.410. The molecule has 18 heavy (non-hydrogen) atoms. The Morgan fingerprint density at radius 2 is 2.06 bits per heavy atom. The van der Waals surface area contributed by atoms with Gasteiger partial charge in [-0.1, -0.05) is 25.3 Å². The summed E-state index contributed by atoms with van der Waals surface area (Å²) in [5.74, 6) is 1.11. The topological polar surface area (TPSA) is 38.0 Å². The number of nitrogen functional groups attached to an aromatic ring is 1. The molecule has 4 heteroatoms. The van der Waals surface area contributed by atoms with Gasteiger partial charge in [-0.2, -0.15) is 0 Å². The van der Waals surface area contributed by atoms with Crippen molar-refractivity contribution < 1.29 is 0 Å². The highest BCUT2D eigenvalue weighted by molar-refractivity contribution is 9.10. The van der Waals surface area contributed by atoms with Crippen LogP contribution < -0.4 is 11.1 Å². The largest absolute Gasteiger partial charge is 0.398 e. The van der Waals surface area contributed by atoms with Crippen molar-refractivity contribution in [2.24, 2.45) is 0 Å². The number of rotatable bonds is 3. The second-order valence-corrected chi connectivity index (χ2v) is 6.01. The third kappa shape index (κ3) is 2.62. The second kappa shape index (κ2) is 6.16. The van der Waals surface area contributed by atoms with Crippen LogP contribution in [0.1, 0.15) is 49.1 Å². The highest BCUT2D eigenvalue weighted by Gasteiger charge is 2.21. The standard InChI is InChI=1S/C14H20BrClN2/c1-18-14-10(8-16)7-11(13(17)12(14)15)9-5-3-2-4-6-9/h7,9,18H,2-6,8,17H2,1H3. The fraction of sp³-hybridized carbons (Fsp3) is 0.571. The average molecular weight is 332 g/mol. The zero-order valence-corrected chi connectivity index (χ0v) is 13.1. The van der Waals surface area contributed by atoms with E-state index in [9.17, 15) is 0 Å². The van der Waals surface area contributed by atoms with Gasteiger partial charge in [0.05, 0.1) is 15.8 Å². The Morgan fingerprint density at radius 1 is 1.39 bits per heavy atom. The molecule has 1 aliphatic carbocycles. The van der Waals surface area contributed by atoms with Crippen molar-refractivity contribution in [3.8, 4) is 0 Å². The summed E-state index contributed by atoms with van der Waals surface area (Å²) in [6.07, 6.45) is 6.47. The van der Waals surface area contributed by atoms with Crippen LogP contribution in [0.4, 0.5) is 11.4 Å². The molecule has 1 saturated carbocycles. The van der Waals surface area contributed by atoms with Gasteiger partial charge in [-0.05, 0) is 45.8 Å². The molecule has 1 aromatic rings. The first-order valence-corrected chi connectivity index (χ1v) is 7.86. The summed E-state index contributed by atoms with van der Waals surface area (Å²) in [6, 6.07) is 2.19. The molecule has 0 aromatic heterocycles. The van der Waals surface area contributed by atoms with Crippen LogP contribution in [0.2, 0.25) is 0 Å². The van der Waals surface area contributed by atoms with E-state index >= 15 is 0 Å². The van der Waals surface area contributed by atoms with Gasteiger partial charge in [0.2, 0.25) is 0 Å². The van der Waals surface area contributed by atoms with E-state index in [0.29, 0.717) is 11.8 Å². The number of alkyl halides is 1. The van der Waals surface area contributed by atoms with Gasteiger partial charge >= 0.3 is 0 Å². The van der Waals surface area contributed by atoms with Gasteiger partial charge in [-0.15, -0.1) is 11.6 Å². The van der Waals surface area contributed by atoms with Gasteiger partial charge in [0.15, 0.2) is 0 Å². The Balaban J connectivity index is 2.44. The minimum atomic E-state index is 0.509. The number of anilines is 2. The molecular formula is C14H20BrClN2. The molecule has 0 heterocycles. The summed E-state index contributed by atoms with van der Waals surface area (Å²) in [5.41, 5.74) is 10.6. The predicted molar refractivity (Wildman–Crippen MR) is 83.5 cm³/mol. The maximum absolute atomic E-state index is 6.28. The van der Waals surface area contributed by atoms with E-state index in [-0.39, 0.29) is 0 Å². The Morgan fingerprint density at radius 3 is 2.61 bits per heavy atom. The van der Waals surface area contributed by atoms with E-state index in [1.54, 1.807) is 0 Å². The molecule has 0 aliphatic heterocycles. The zero-order valence-electron chi connectivity index (χ0n) is 10.7. The van der Waals surface area contributed by atoms with E-state index < -0.39 is 0 Å². The number of hydrogen-bond acceptors (Lipinski definition) is 2. The molecule has 0 unspecified atom stereocenters. The van der Waals surface area contributed by atoms with Crippen molar-refractivity contribution in [2.45, 2.75) is 43.9 Å². The number of nitrogens with two attached hydrogens (primary N) is 1. The minimum absolute atomic E-state index is 0.509. The third-order valence-corrected chi connectivity index (χ3v) is 4.97. The van der Waals surface area contributed by atoms with Crippen LogP contribution in [-0.4, -0.2) is 7.05 Å². The van der Waals surface area contributed by atoms with Crippen LogP contribution >= 0.6 is 27.5 Å². The lowest BCUT2D eigenvalue weighted by Crippen LogP contribution is -2.10. The molecule has 3 N–H and O–H groups in total. The van der Waals surface area contributed by atoms with Crippen molar-refractivity contribution >= 4 is 38.9 Å². The van der Waals surface area contributed by atoms with E-state index in [2.05, 4.69) is 27.3 Å². The van der Waals surface area contributed by atoms with Crippen LogP contribution in [0, 0.1) is 0 Å². The van der Waals surface area contributed by atoms with E-state index in [4.69, 9.17) is 17.3 Å². The molecule has 2 rings (SSSR count). The molecule has 0 spiro atoms. The smallest absolute Gasteiger partial charge is 0.0642 e. The van der Waals surface area contributed by atoms with Gasteiger partial charge in [-0.3, -0.25) is 0 Å². The predicted octanol–water partition coefficient (Wildman–Crippen LogP) is 4.86. The van der Waals surface area contributed by atoms with Gasteiger partial charge in [-0.25, -0.2) is 0 Å². The van der Waals surface area contributed by atoms with E-state index in [1.807, 2.05) is 7.05 Å². The van der Waals surface area contributed by atoms with Crippen molar-refractivity contribution in [3.05, 3.63) is 21.7 Å². The SMILES string of the molecule is CNc1c(CCl)cc(C2CCCCC2)c(N)c1Br. The fourth-order valence-electron chi connectivity index (χ4n) is 2.87. The van der Waals surface area contributed by atoms with Crippen LogP contribution in [0.25, 0.3) is 0 Å². The molecule has 0 atom stereocenters. The normalized spacial score (nSPS) is 16.8. The minimum Gasteiger partial charge on any atom is -0.398 e. The molecule has 0 saturated heterocycles. The quantitative estimate of drug-likeness (QED) is 0.613. The molecular weight excluding hydrogens is 312 g/mol. The first-order valence-electron chi connectivity index (χ1n) is 6.53. The Labute approximate surface area is 122 Å². The summed E-state index contributed by atoms with van der Waals surface area (Å²) < 4.78 is 0.962. The lowest BCUT2D eigenvalue weighted by molar-refractivity contribution is 0.444. The van der Waals surface area contributed by atoms with Gasteiger partial charge in [0.1, 0.15) is 0 Å². The van der Waals surface area contributed by atoms with Crippen molar-refractivity contribution in [2.75, 3.05) is 18.1 Å². The highest BCUT2D eigenvalue weighted by Crippen LogP contribution is 2.42. The lowest BCUT2D eigenvalue weighted by atomic mass is 9.82. The van der Waals surface area contributed by atoms with E-state index in [0.717, 1.165) is 21.4 Å². The molecule has 1 fully saturated rings. The molecule has 0 radical (unpaired) electrons. The van der Waals surface area contributed by atoms with Crippen LogP contribution in [0.5, 0.6) is 0 Å². The number of nitrogens with one attached hydrogen (secondary N) is 1. The summed E-state index contributed by atoms with van der Waals surface area (Å²) in [7, 11) is 1.90. The number of hydrogen-bond donors (Lipinski definition) is 2. The maximum Gasteiger partial charge on any atom is 0.0642 e. The third-order valence-electron chi connectivity index (χ3n) is 3.86. The lowest BCUT2D eigenvalue weighted by Gasteiger charge is -2.25. The average Bonchev–Trinajstić information content (AvgIpc) is 2.42. The fourth-order valence-corrected chi connectivity index (χ4v) is 3.76. The molecule has 0 bridgehead atoms. The van der Waals surface area contributed by atoms with Crippen LogP contribution in [0.3, 0.4) is 0 Å². The van der Waals surface area contributed by atoms with E-state index in [1.165, 1.54) is 37.7 Å². The summed E-state index contributed by atoms with van der Waals surface area (Å²) in [4.78, 5) is 0. The number of halogens is 2. The maximum atomic E-state index is 6.28. The summed E-state index contributed by atoms with van der Waals surface area (Å²) in [6.45, 7) is 0. The Bertz CT molecular complexity index is 428. The molecule has 2 nitrogen and oxygen atoms in total. The molecule has 100 valence electrons. The number of benzene rings is 1. The van der Waals surface area contributed by atoms with Crippen LogP contribution in [0.15, 0.2) is 10.5 Å². The summed E-state index contributed by atoms with van der Waals surface area (Å²) >= 11 is 9.65. The van der Waals surface area contributed by atoms with Gasteiger partial charge < -0.3 is 11.1 Å². The van der Waals surface area contributed by atoms with Crippen molar-refractivity contribution in [1.29, 1.82) is 0 Å². The summed E-state index contributed by atoms with van der Waals surface area (Å²) in [5, 5.41) is 3.17. The molecule has 0 amide bonds. The first-order chi connectivity index (χ1) is 8.69. The van der Waals surface area contributed by atoms with Gasteiger partial charge in [0.25, 0.3) is 0 Å². The van der Waals surface area contributed by atoms with Crippen LogP contribution in [-0.2, 0) is 5.88 Å². The monoisotopic (exact) mass is 330 g/mol. The van der Waals surface area contributed by atoms with Crippen molar-refractivity contribution in [1.82, 2.24) is 0 Å². The zero-order chi connectivity index (χ0) is 13.1. The van der Waals surface area contributed by atoms with Crippen molar-refractivity contribution in [3.63, 3.8) is 0 Å². The Kier molecular flexibility index (Phi) is 4.79. The van der Waals surface area contributed by atoms with Gasteiger partial charge in [0, 0.05) is 12.9 Å². The molecule has 1 aromatic carbocycles. The second-order valence-electron chi connectivity index (χ2n) is 4.95. The first kappa shape index (κ1) is 14.0.